The van der Waals surface area contributed by atoms with E-state index in [0.29, 0.717) is 0 Å². The molecule has 1 fully saturated rings. The smallest absolute Gasteiger partial charge is 0.0183 e. The van der Waals surface area contributed by atoms with Crippen LogP contribution in [0.3, 0.4) is 0 Å². The highest BCUT2D eigenvalue weighted by Gasteiger charge is 2.19. The van der Waals surface area contributed by atoms with Crippen LogP contribution in [-0.4, -0.2) is 36.5 Å². The largest absolute Gasteiger partial charge is 0.303 e. The molecule has 1 nitrogen and oxygen atoms in total. The lowest BCUT2D eigenvalue weighted by atomic mass is 10.2. The van der Waals surface area contributed by atoms with Gasteiger partial charge in [-0.05, 0) is 32.7 Å². The number of rotatable bonds is 2. The average molecular weight is 145 g/mol. The van der Waals surface area contributed by atoms with Gasteiger partial charge in [-0.25, -0.2) is 0 Å². The van der Waals surface area contributed by atoms with E-state index in [2.05, 4.69) is 18.2 Å². The summed E-state index contributed by atoms with van der Waals surface area (Å²) in [6.45, 7) is 1.31. The highest BCUT2D eigenvalue weighted by atomic mass is 32.2. The summed E-state index contributed by atoms with van der Waals surface area (Å²) in [5, 5.41) is 0. The Hall–Kier alpha value is 0.310. The van der Waals surface area contributed by atoms with Crippen LogP contribution in [0.1, 0.15) is 12.8 Å². The number of hydrogen-bond donors (Lipinski definition) is 0. The molecule has 0 aromatic carbocycles. The minimum Gasteiger partial charge on any atom is -0.303 e. The minimum absolute atomic E-state index is 0.875. The molecule has 0 unspecified atom stereocenters. The third-order valence-electron chi connectivity index (χ3n) is 2.03. The Labute approximate surface area is 61.8 Å². The fourth-order valence-corrected chi connectivity index (χ4v) is 2.19. The zero-order chi connectivity index (χ0) is 6.69. The predicted octanol–water partition coefficient (Wildman–Crippen LogP) is 1.44. The lowest BCUT2D eigenvalue weighted by Gasteiger charge is -2.17. The van der Waals surface area contributed by atoms with Crippen molar-refractivity contribution in [2.45, 2.75) is 18.9 Å². The predicted molar refractivity (Wildman–Crippen MR) is 44.0 cm³/mol. The van der Waals surface area contributed by atoms with Crippen LogP contribution in [0, 0.1) is 0 Å². The van der Waals surface area contributed by atoms with Crippen molar-refractivity contribution in [3.05, 3.63) is 0 Å². The lowest BCUT2D eigenvalue weighted by Crippen LogP contribution is -2.26. The lowest BCUT2D eigenvalue weighted by molar-refractivity contribution is 0.335. The van der Waals surface area contributed by atoms with Gasteiger partial charge >= 0.3 is 0 Å². The first-order valence-electron chi connectivity index (χ1n) is 3.54. The minimum atomic E-state index is 0.875. The first kappa shape index (κ1) is 7.42. The molecule has 0 aliphatic carbocycles. The van der Waals surface area contributed by atoms with E-state index < -0.39 is 0 Å². The SMILES string of the molecule is CSC[C@@H]1CCCN1C. The van der Waals surface area contributed by atoms with Gasteiger partial charge in [0.25, 0.3) is 0 Å². The van der Waals surface area contributed by atoms with Gasteiger partial charge in [-0.1, -0.05) is 0 Å². The fraction of sp³-hybridized carbons (Fsp3) is 1.00. The highest BCUT2D eigenvalue weighted by Crippen LogP contribution is 2.17. The van der Waals surface area contributed by atoms with E-state index in [0.717, 1.165) is 6.04 Å². The summed E-state index contributed by atoms with van der Waals surface area (Å²) in [5.41, 5.74) is 0. The van der Waals surface area contributed by atoms with Crippen LogP contribution in [0.15, 0.2) is 0 Å². The number of hydrogen-bond acceptors (Lipinski definition) is 2. The molecule has 0 spiro atoms. The molecule has 0 aromatic rings. The van der Waals surface area contributed by atoms with Crippen LogP contribution in [0.5, 0.6) is 0 Å². The Kier molecular flexibility index (Phi) is 2.86. The van der Waals surface area contributed by atoms with Gasteiger partial charge in [-0.15, -0.1) is 0 Å². The monoisotopic (exact) mass is 145 g/mol. The molecule has 0 radical (unpaired) electrons. The summed E-state index contributed by atoms with van der Waals surface area (Å²) in [7, 11) is 2.23. The molecule has 1 aliphatic rings. The Morgan fingerprint density at radius 3 is 2.89 bits per heavy atom. The molecule has 1 heterocycles. The van der Waals surface area contributed by atoms with Gasteiger partial charge in [0.15, 0.2) is 0 Å². The second-order valence-corrected chi connectivity index (χ2v) is 3.64. The number of likely N-dealkylation sites (tertiary alicyclic amines) is 1. The van der Waals surface area contributed by atoms with Crippen molar-refractivity contribution < 1.29 is 0 Å². The topological polar surface area (TPSA) is 3.24 Å². The van der Waals surface area contributed by atoms with Gasteiger partial charge in [0, 0.05) is 11.8 Å². The molecule has 1 aliphatic heterocycles. The van der Waals surface area contributed by atoms with Crippen molar-refractivity contribution >= 4 is 11.8 Å². The number of thioether (sulfide) groups is 1. The van der Waals surface area contributed by atoms with Crippen LogP contribution in [0.25, 0.3) is 0 Å². The second-order valence-electron chi connectivity index (χ2n) is 2.73. The van der Waals surface area contributed by atoms with E-state index in [1.165, 1.54) is 25.1 Å². The molecule has 1 rings (SSSR count). The maximum absolute atomic E-state index is 2.47. The highest BCUT2D eigenvalue weighted by molar-refractivity contribution is 7.98. The zero-order valence-electron chi connectivity index (χ0n) is 6.26. The van der Waals surface area contributed by atoms with E-state index in [1.807, 2.05) is 11.8 Å². The fourth-order valence-electron chi connectivity index (χ4n) is 1.38. The molecule has 0 bridgehead atoms. The molecule has 0 N–H and O–H groups in total. The van der Waals surface area contributed by atoms with E-state index in [4.69, 9.17) is 0 Å². The molecular formula is C7H15NS. The summed E-state index contributed by atoms with van der Waals surface area (Å²) < 4.78 is 0. The van der Waals surface area contributed by atoms with Gasteiger partial charge in [-0.2, -0.15) is 11.8 Å². The summed E-state index contributed by atoms with van der Waals surface area (Å²) in [6, 6.07) is 0.875. The van der Waals surface area contributed by atoms with Gasteiger partial charge in [0.1, 0.15) is 0 Å². The molecule has 54 valence electrons. The molecule has 0 saturated carbocycles. The first-order chi connectivity index (χ1) is 4.34. The van der Waals surface area contributed by atoms with E-state index in [9.17, 15) is 0 Å². The normalized spacial score (nSPS) is 29.3. The molecule has 1 atom stereocenters. The maximum atomic E-state index is 2.47. The first-order valence-corrected chi connectivity index (χ1v) is 4.93. The Balaban J connectivity index is 2.22. The quantitative estimate of drug-likeness (QED) is 0.578. The van der Waals surface area contributed by atoms with Crippen molar-refractivity contribution in [3.63, 3.8) is 0 Å². The van der Waals surface area contributed by atoms with Crippen LogP contribution in [-0.2, 0) is 0 Å². The van der Waals surface area contributed by atoms with Gasteiger partial charge in [0.2, 0.25) is 0 Å². The summed E-state index contributed by atoms with van der Waals surface area (Å²) >= 11 is 1.96. The summed E-state index contributed by atoms with van der Waals surface area (Å²) in [5.74, 6) is 1.32. The van der Waals surface area contributed by atoms with Crippen molar-refractivity contribution in [2.24, 2.45) is 0 Å². The standard InChI is InChI=1S/C7H15NS/c1-8-5-3-4-7(8)6-9-2/h7H,3-6H2,1-2H3/t7-/m0/s1. The summed E-state index contributed by atoms with van der Waals surface area (Å²) in [4.78, 5) is 2.47. The molecule has 2 heteroatoms. The molecule has 9 heavy (non-hydrogen) atoms. The maximum Gasteiger partial charge on any atom is 0.0183 e. The number of nitrogens with zero attached hydrogens (tertiary/aromatic N) is 1. The van der Waals surface area contributed by atoms with Crippen molar-refractivity contribution in [3.8, 4) is 0 Å². The van der Waals surface area contributed by atoms with Gasteiger partial charge in [-0.3, -0.25) is 0 Å². The average Bonchev–Trinajstić information content (AvgIpc) is 2.18. The second kappa shape index (κ2) is 3.47. The Bertz CT molecular complexity index is 85.0. The van der Waals surface area contributed by atoms with E-state index in [-0.39, 0.29) is 0 Å². The Morgan fingerprint density at radius 2 is 2.44 bits per heavy atom. The zero-order valence-corrected chi connectivity index (χ0v) is 7.08. The van der Waals surface area contributed by atoms with Crippen molar-refractivity contribution in [1.82, 2.24) is 4.90 Å². The van der Waals surface area contributed by atoms with Crippen LogP contribution < -0.4 is 0 Å². The van der Waals surface area contributed by atoms with Crippen LogP contribution >= 0.6 is 11.8 Å². The third kappa shape index (κ3) is 1.87. The summed E-state index contributed by atoms with van der Waals surface area (Å²) in [6.07, 6.45) is 5.01. The molecule has 1 saturated heterocycles. The third-order valence-corrected chi connectivity index (χ3v) is 2.75. The molecular weight excluding hydrogens is 130 g/mol. The van der Waals surface area contributed by atoms with Gasteiger partial charge in [0.05, 0.1) is 0 Å². The van der Waals surface area contributed by atoms with E-state index >= 15 is 0 Å². The van der Waals surface area contributed by atoms with Gasteiger partial charge < -0.3 is 4.90 Å². The molecule has 0 aromatic heterocycles. The van der Waals surface area contributed by atoms with Crippen molar-refractivity contribution in [2.75, 3.05) is 25.6 Å². The van der Waals surface area contributed by atoms with Crippen LogP contribution in [0.4, 0.5) is 0 Å². The Morgan fingerprint density at radius 1 is 1.67 bits per heavy atom. The molecule has 0 amide bonds. The van der Waals surface area contributed by atoms with Crippen LogP contribution in [0.2, 0.25) is 0 Å². The van der Waals surface area contributed by atoms with Crippen molar-refractivity contribution in [1.29, 1.82) is 0 Å². The van der Waals surface area contributed by atoms with E-state index in [1.54, 1.807) is 0 Å².